The van der Waals surface area contributed by atoms with Gasteiger partial charge in [-0.2, -0.15) is 16.4 Å². The van der Waals surface area contributed by atoms with E-state index in [1.165, 1.54) is 16.4 Å². The third kappa shape index (κ3) is 3.07. The van der Waals surface area contributed by atoms with E-state index in [1.807, 2.05) is 12.3 Å². The van der Waals surface area contributed by atoms with Crippen molar-refractivity contribution in [1.29, 1.82) is 0 Å². The van der Waals surface area contributed by atoms with E-state index in [0.29, 0.717) is 12.2 Å². The molecule has 0 aliphatic heterocycles. The predicted molar refractivity (Wildman–Crippen MR) is 67.5 cm³/mol. The number of thiophene rings is 1. The van der Waals surface area contributed by atoms with Crippen LogP contribution in [0.3, 0.4) is 0 Å². The standard InChI is InChI=1S/C11H14N4OS/c1-8-6-17-7-9(8)2-13-11(16)5-15-4-10(12)3-14-15/h3-4,6-7H,2,5,12H2,1H3,(H,13,16). The molecule has 3 N–H and O–H groups in total. The average Bonchev–Trinajstić information content (AvgIpc) is 2.85. The van der Waals surface area contributed by atoms with Gasteiger partial charge in [-0.3, -0.25) is 9.48 Å². The summed E-state index contributed by atoms with van der Waals surface area (Å²) in [7, 11) is 0. The summed E-state index contributed by atoms with van der Waals surface area (Å²) in [5, 5.41) is 10.9. The van der Waals surface area contributed by atoms with Crippen LogP contribution in [0.4, 0.5) is 5.69 Å². The van der Waals surface area contributed by atoms with Crippen LogP contribution in [0, 0.1) is 6.92 Å². The quantitative estimate of drug-likeness (QED) is 0.855. The van der Waals surface area contributed by atoms with Crippen molar-refractivity contribution >= 4 is 22.9 Å². The van der Waals surface area contributed by atoms with Gasteiger partial charge in [-0.25, -0.2) is 0 Å². The Bertz CT molecular complexity index is 517. The zero-order valence-corrected chi connectivity index (χ0v) is 10.3. The summed E-state index contributed by atoms with van der Waals surface area (Å²) in [6, 6.07) is 0. The van der Waals surface area contributed by atoms with E-state index >= 15 is 0 Å². The van der Waals surface area contributed by atoms with Gasteiger partial charge in [0, 0.05) is 12.7 Å². The molecular formula is C11H14N4OS. The molecule has 6 heteroatoms. The van der Waals surface area contributed by atoms with E-state index in [-0.39, 0.29) is 12.5 Å². The fourth-order valence-corrected chi connectivity index (χ4v) is 2.29. The van der Waals surface area contributed by atoms with Gasteiger partial charge < -0.3 is 11.1 Å². The topological polar surface area (TPSA) is 72.9 Å². The van der Waals surface area contributed by atoms with E-state index < -0.39 is 0 Å². The number of nitrogen functional groups attached to an aromatic ring is 1. The summed E-state index contributed by atoms with van der Waals surface area (Å²) in [4.78, 5) is 11.6. The van der Waals surface area contributed by atoms with Crippen LogP contribution in [-0.2, 0) is 17.9 Å². The fourth-order valence-electron chi connectivity index (χ4n) is 1.43. The number of hydrogen-bond donors (Lipinski definition) is 2. The van der Waals surface area contributed by atoms with Crippen molar-refractivity contribution in [3.05, 3.63) is 34.3 Å². The lowest BCUT2D eigenvalue weighted by atomic mass is 10.2. The lowest BCUT2D eigenvalue weighted by Crippen LogP contribution is -2.27. The lowest BCUT2D eigenvalue weighted by Gasteiger charge is -2.04. The zero-order valence-electron chi connectivity index (χ0n) is 9.51. The van der Waals surface area contributed by atoms with Crippen molar-refractivity contribution in [1.82, 2.24) is 15.1 Å². The number of anilines is 1. The summed E-state index contributed by atoms with van der Waals surface area (Å²) in [6.45, 7) is 2.79. The number of rotatable bonds is 4. The molecule has 0 atom stereocenters. The van der Waals surface area contributed by atoms with Crippen LogP contribution >= 0.6 is 11.3 Å². The van der Waals surface area contributed by atoms with Gasteiger partial charge >= 0.3 is 0 Å². The molecule has 2 aromatic rings. The van der Waals surface area contributed by atoms with Crippen molar-refractivity contribution < 1.29 is 4.79 Å². The summed E-state index contributed by atoms with van der Waals surface area (Å²) < 4.78 is 1.52. The van der Waals surface area contributed by atoms with Crippen LogP contribution in [0.2, 0.25) is 0 Å². The molecule has 5 nitrogen and oxygen atoms in total. The van der Waals surface area contributed by atoms with Gasteiger partial charge in [-0.15, -0.1) is 0 Å². The van der Waals surface area contributed by atoms with Crippen LogP contribution < -0.4 is 11.1 Å². The molecule has 2 heterocycles. The number of nitrogens with two attached hydrogens (primary N) is 1. The Balaban J connectivity index is 1.84. The van der Waals surface area contributed by atoms with Crippen molar-refractivity contribution in [3.63, 3.8) is 0 Å². The SMILES string of the molecule is Cc1cscc1CNC(=O)Cn1cc(N)cn1. The molecule has 1 amide bonds. The first-order valence-corrected chi connectivity index (χ1v) is 6.15. The van der Waals surface area contributed by atoms with Crippen molar-refractivity contribution in [2.24, 2.45) is 0 Å². The number of aromatic nitrogens is 2. The van der Waals surface area contributed by atoms with Crippen molar-refractivity contribution in [2.45, 2.75) is 20.0 Å². The van der Waals surface area contributed by atoms with Crippen LogP contribution in [-0.4, -0.2) is 15.7 Å². The van der Waals surface area contributed by atoms with Gasteiger partial charge in [0.1, 0.15) is 6.54 Å². The maximum Gasteiger partial charge on any atom is 0.241 e. The third-order valence-corrected chi connectivity index (χ3v) is 3.31. The number of aryl methyl sites for hydroxylation is 1. The highest BCUT2D eigenvalue weighted by molar-refractivity contribution is 7.08. The molecule has 0 spiro atoms. The zero-order chi connectivity index (χ0) is 12.3. The summed E-state index contributed by atoms with van der Waals surface area (Å²) >= 11 is 1.64. The highest BCUT2D eigenvalue weighted by Gasteiger charge is 2.05. The number of hydrogen-bond acceptors (Lipinski definition) is 4. The maximum atomic E-state index is 11.6. The number of carbonyl (C=O) groups excluding carboxylic acids is 1. The Morgan fingerprint density at radius 3 is 3.00 bits per heavy atom. The van der Waals surface area contributed by atoms with Crippen LogP contribution in [0.15, 0.2) is 23.2 Å². The molecule has 0 radical (unpaired) electrons. The molecule has 0 saturated heterocycles. The highest BCUT2D eigenvalue weighted by atomic mass is 32.1. The molecular weight excluding hydrogens is 236 g/mol. The smallest absolute Gasteiger partial charge is 0.241 e. The van der Waals surface area contributed by atoms with Gasteiger partial charge in [0.2, 0.25) is 5.91 Å². The van der Waals surface area contributed by atoms with Gasteiger partial charge in [-0.1, -0.05) is 0 Å². The summed E-state index contributed by atoms with van der Waals surface area (Å²) in [5.41, 5.74) is 8.44. The third-order valence-electron chi connectivity index (χ3n) is 2.40. The molecule has 0 unspecified atom stereocenters. The first-order valence-electron chi connectivity index (χ1n) is 5.21. The predicted octanol–water partition coefficient (Wildman–Crippen LogP) is 1.15. The van der Waals surface area contributed by atoms with Crippen LogP contribution in [0.25, 0.3) is 0 Å². The van der Waals surface area contributed by atoms with E-state index in [1.54, 1.807) is 17.5 Å². The second kappa shape index (κ2) is 5.01. The van der Waals surface area contributed by atoms with E-state index in [2.05, 4.69) is 15.8 Å². The molecule has 2 rings (SSSR count). The largest absolute Gasteiger partial charge is 0.396 e. The second-order valence-electron chi connectivity index (χ2n) is 3.83. The lowest BCUT2D eigenvalue weighted by molar-refractivity contribution is -0.122. The summed E-state index contributed by atoms with van der Waals surface area (Å²) in [6.07, 6.45) is 3.16. The molecule has 0 saturated carbocycles. The maximum absolute atomic E-state index is 11.6. The van der Waals surface area contributed by atoms with Gasteiger partial charge in [0.15, 0.2) is 0 Å². The summed E-state index contributed by atoms with van der Waals surface area (Å²) in [5.74, 6) is -0.0706. The molecule has 90 valence electrons. The number of carbonyl (C=O) groups is 1. The number of nitrogens with zero attached hydrogens (tertiary/aromatic N) is 2. The Kier molecular flexibility index (Phi) is 3.43. The molecule has 0 bridgehead atoms. The first kappa shape index (κ1) is 11.7. The Labute approximate surface area is 103 Å². The minimum absolute atomic E-state index is 0.0706. The molecule has 17 heavy (non-hydrogen) atoms. The monoisotopic (exact) mass is 250 g/mol. The van der Waals surface area contributed by atoms with E-state index in [9.17, 15) is 4.79 Å². The molecule has 0 fully saturated rings. The number of amides is 1. The Morgan fingerprint density at radius 1 is 1.59 bits per heavy atom. The molecule has 2 aromatic heterocycles. The Morgan fingerprint density at radius 2 is 2.41 bits per heavy atom. The minimum Gasteiger partial charge on any atom is -0.396 e. The minimum atomic E-state index is -0.0706. The van der Waals surface area contributed by atoms with Crippen LogP contribution in [0.5, 0.6) is 0 Å². The van der Waals surface area contributed by atoms with Crippen molar-refractivity contribution in [3.8, 4) is 0 Å². The average molecular weight is 250 g/mol. The number of nitrogens with one attached hydrogen (secondary N) is 1. The van der Waals surface area contributed by atoms with E-state index in [0.717, 1.165) is 5.56 Å². The van der Waals surface area contributed by atoms with Crippen molar-refractivity contribution in [2.75, 3.05) is 5.73 Å². The molecule has 0 aliphatic carbocycles. The van der Waals surface area contributed by atoms with Gasteiger partial charge in [0.25, 0.3) is 0 Å². The normalized spacial score (nSPS) is 10.4. The Hall–Kier alpha value is -1.82. The van der Waals surface area contributed by atoms with Gasteiger partial charge in [0.05, 0.1) is 11.9 Å². The van der Waals surface area contributed by atoms with E-state index in [4.69, 9.17) is 5.73 Å². The second-order valence-corrected chi connectivity index (χ2v) is 4.57. The fraction of sp³-hybridized carbons (Fsp3) is 0.273. The first-order chi connectivity index (χ1) is 8.15. The molecule has 0 aliphatic rings. The highest BCUT2D eigenvalue weighted by Crippen LogP contribution is 2.12. The van der Waals surface area contributed by atoms with Crippen LogP contribution in [0.1, 0.15) is 11.1 Å². The molecule has 0 aromatic carbocycles. The van der Waals surface area contributed by atoms with Gasteiger partial charge in [-0.05, 0) is 28.8 Å².